The summed E-state index contributed by atoms with van der Waals surface area (Å²) in [5.41, 5.74) is 2.72. The van der Waals surface area contributed by atoms with Crippen molar-refractivity contribution in [2.24, 2.45) is 0 Å². The Hall–Kier alpha value is -1.74. The van der Waals surface area contributed by atoms with Crippen LogP contribution in [-0.4, -0.2) is 10.6 Å². The van der Waals surface area contributed by atoms with E-state index >= 15 is 0 Å². The zero-order chi connectivity index (χ0) is 14.3. The molecule has 20 heavy (non-hydrogen) atoms. The molecule has 0 bridgehead atoms. The first-order chi connectivity index (χ1) is 9.47. The van der Waals surface area contributed by atoms with Gasteiger partial charge in [0.25, 0.3) is 0 Å². The van der Waals surface area contributed by atoms with E-state index in [1.54, 1.807) is 6.20 Å². The fourth-order valence-corrected chi connectivity index (χ4v) is 2.75. The summed E-state index contributed by atoms with van der Waals surface area (Å²) in [6.45, 7) is 6.14. The van der Waals surface area contributed by atoms with Crippen LogP contribution in [0.1, 0.15) is 31.0 Å². The standard InChI is InChI=1S/C16H17ClN2O/c1-10-8-12(15(17)18-9-10)19-14-11-6-4-5-7-13(11)20-16(14,2)3/h4-9,14,19H,1-3H3. The Balaban J connectivity index is 1.99. The Labute approximate surface area is 123 Å². The Kier molecular flexibility index (Phi) is 3.09. The van der Waals surface area contributed by atoms with Crippen molar-refractivity contribution in [1.82, 2.24) is 4.98 Å². The molecular formula is C16H17ClN2O. The van der Waals surface area contributed by atoms with Gasteiger partial charge in [-0.05, 0) is 38.5 Å². The first-order valence-corrected chi connectivity index (χ1v) is 7.02. The second-order valence-electron chi connectivity index (χ2n) is 5.67. The van der Waals surface area contributed by atoms with E-state index in [9.17, 15) is 0 Å². The summed E-state index contributed by atoms with van der Waals surface area (Å²) in [6, 6.07) is 10.1. The second kappa shape index (κ2) is 4.67. The second-order valence-corrected chi connectivity index (χ2v) is 6.03. The highest BCUT2D eigenvalue weighted by Gasteiger charge is 2.41. The van der Waals surface area contributed by atoms with Crippen LogP contribution in [-0.2, 0) is 0 Å². The number of fused-ring (bicyclic) bond motifs is 1. The van der Waals surface area contributed by atoms with E-state index in [-0.39, 0.29) is 11.6 Å². The number of benzene rings is 1. The van der Waals surface area contributed by atoms with Crippen LogP contribution in [0, 0.1) is 6.92 Å². The van der Waals surface area contributed by atoms with Gasteiger partial charge < -0.3 is 10.1 Å². The maximum Gasteiger partial charge on any atom is 0.152 e. The van der Waals surface area contributed by atoms with E-state index in [2.05, 4.69) is 30.2 Å². The topological polar surface area (TPSA) is 34.2 Å². The zero-order valence-corrected chi connectivity index (χ0v) is 12.5. The third-order valence-electron chi connectivity index (χ3n) is 3.57. The number of nitrogens with zero attached hydrogens (tertiary/aromatic N) is 1. The van der Waals surface area contributed by atoms with Gasteiger partial charge in [0, 0.05) is 11.8 Å². The lowest BCUT2D eigenvalue weighted by molar-refractivity contribution is 0.118. The summed E-state index contributed by atoms with van der Waals surface area (Å²) >= 11 is 6.18. The van der Waals surface area contributed by atoms with Crippen molar-refractivity contribution in [3.63, 3.8) is 0 Å². The smallest absolute Gasteiger partial charge is 0.152 e. The van der Waals surface area contributed by atoms with Crippen LogP contribution in [0.5, 0.6) is 5.75 Å². The van der Waals surface area contributed by atoms with Crippen molar-refractivity contribution >= 4 is 17.3 Å². The van der Waals surface area contributed by atoms with E-state index in [4.69, 9.17) is 16.3 Å². The van der Waals surface area contributed by atoms with Gasteiger partial charge in [-0.2, -0.15) is 0 Å². The zero-order valence-electron chi connectivity index (χ0n) is 11.8. The maximum atomic E-state index is 6.18. The average molecular weight is 289 g/mol. The first-order valence-electron chi connectivity index (χ1n) is 6.64. The molecule has 1 unspecified atom stereocenters. The minimum atomic E-state index is -0.337. The predicted molar refractivity (Wildman–Crippen MR) is 81.5 cm³/mol. The molecule has 0 saturated carbocycles. The van der Waals surface area contributed by atoms with Gasteiger partial charge in [-0.3, -0.25) is 0 Å². The highest BCUT2D eigenvalue weighted by Crippen LogP contribution is 2.45. The van der Waals surface area contributed by atoms with Crippen LogP contribution >= 0.6 is 11.6 Å². The molecule has 0 fully saturated rings. The molecule has 1 aliphatic rings. The molecule has 0 saturated heterocycles. The van der Waals surface area contributed by atoms with Gasteiger partial charge >= 0.3 is 0 Å². The third kappa shape index (κ3) is 2.22. The lowest BCUT2D eigenvalue weighted by atomic mass is 9.94. The lowest BCUT2D eigenvalue weighted by Gasteiger charge is -2.28. The van der Waals surface area contributed by atoms with E-state index in [1.165, 1.54) is 0 Å². The Morgan fingerprint density at radius 1 is 1.30 bits per heavy atom. The molecule has 4 heteroatoms. The molecule has 0 aliphatic carbocycles. The van der Waals surface area contributed by atoms with Gasteiger partial charge in [-0.1, -0.05) is 29.8 Å². The average Bonchev–Trinajstić information content (AvgIpc) is 2.65. The predicted octanol–water partition coefficient (Wildman–Crippen LogP) is 4.37. The molecular weight excluding hydrogens is 272 g/mol. The van der Waals surface area contributed by atoms with Crippen molar-refractivity contribution in [3.8, 4) is 5.75 Å². The maximum absolute atomic E-state index is 6.18. The first kappa shape index (κ1) is 13.3. The number of nitrogens with one attached hydrogen (secondary N) is 1. The van der Waals surface area contributed by atoms with E-state index in [0.717, 1.165) is 22.6 Å². The fraction of sp³-hybridized carbons (Fsp3) is 0.312. The molecule has 3 rings (SSSR count). The van der Waals surface area contributed by atoms with Crippen LogP contribution < -0.4 is 10.1 Å². The Bertz CT molecular complexity index is 655. The summed E-state index contributed by atoms with van der Waals surface area (Å²) in [5.74, 6) is 0.923. The Morgan fingerprint density at radius 2 is 2.05 bits per heavy atom. The molecule has 1 aromatic carbocycles. The van der Waals surface area contributed by atoms with Crippen LogP contribution in [0.2, 0.25) is 5.15 Å². The highest BCUT2D eigenvalue weighted by atomic mass is 35.5. The van der Waals surface area contributed by atoms with Gasteiger partial charge in [0.1, 0.15) is 11.4 Å². The summed E-state index contributed by atoms with van der Waals surface area (Å²) in [6.07, 6.45) is 1.76. The molecule has 2 aromatic rings. The summed E-state index contributed by atoms with van der Waals surface area (Å²) in [5, 5.41) is 3.96. The summed E-state index contributed by atoms with van der Waals surface area (Å²) in [7, 11) is 0. The van der Waals surface area contributed by atoms with Gasteiger partial charge in [0.2, 0.25) is 0 Å². The number of hydrogen-bond acceptors (Lipinski definition) is 3. The molecule has 2 heterocycles. The third-order valence-corrected chi connectivity index (χ3v) is 3.88. The van der Waals surface area contributed by atoms with Crippen molar-refractivity contribution in [3.05, 3.63) is 52.8 Å². The largest absolute Gasteiger partial charge is 0.485 e. The van der Waals surface area contributed by atoms with E-state index in [1.807, 2.05) is 31.2 Å². The number of anilines is 1. The van der Waals surface area contributed by atoms with Crippen LogP contribution in [0.3, 0.4) is 0 Å². The summed E-state index contributed by atoms with van der Waals surface area (Å²) in [4.78, 5) is 4.19. The minimum Gasteiger partial charge on any atom is -0.485 e. The molecule has 0 radical (unpaired) electrons. The number of rotatable bonds is 2. The molecule has 1 aliphatic heterocycles. The van der Waals surface area contributed by atoms with Gasteiger partial charge in [0.15, 0.2) is 5.15 Å². The van der Waals surface area contributed by atoms with Gasteiger partial charge in [-0.25, -0.2) is 4.98 Å². The number of aromatic nitrogens is 1. The fourth-order valence-electron chi connectivity index (χ4n) is 2.59. The van der Waals surface area contributed by atoms with Crippen molar-refractivity contribution < 1.29 is 4.74 Å². The number of ether oxygens (including phenoxy) is 1. The monoisotopic (exact) mass is 288 g/mol. The van der Waals surface area contributed by atoms with Crippen LogP contribution in [0.15, 0.2) is 36.5 Å². The molecule has 0 amide bonds. The number of hydrogen-bond donors (Lipinski definition) is 1. The normalized spacial score (nSPS) is 19.3. The number of para-hydroxylation sites is 1. The van der Waals surface area contributed by atoms with Crippen LogP contribution in [0.25, 0.3) is 0 Å². The van der Waals surface area contributed by atoms with E-state index < -0.39 is 0 Å². The quantitative estimate of drug-likeness (QED) is 0.833. The molecule has 3 nitrogen and oxygen atoms in total. The molecule has 1 N–H and O–H groups in total. The minimum absolute atomic E-state index is 0.0415. The molecule has 0 spiro atoms. The van der Waals surface area contributed by atoms with Crippen molar-refractivity contribution in [1.29, 1.82) is 0 Å². The van der Waals surface area contributed by atoms with E-state index in [0.29, 0.717) is 5.15 Å². The Morgan fingerprint density at radius 3 is 2.85 bits per heavy atom. The lowest BCUT2D eigenvalue weighted by Crippen LogP contribution is -2.34. The van der Waals surface area contributed by atoms with Gasteiger partial charge in [0.05, 0.1) is 11.7 Å². The van der Waals surface area contributed by atoms with Gasteiger partial charge in [-0.15, -0.1) is 0 Å². The molecule has 1 atom stereocenters. The van der Waals surface area contributed by atoms with Crippen molar-refractivity contribution in [2.45, 2.75) is 32.4 Å². The number of aryl methyl sites for hydroxylation is 1. The summed E-state index contributed by atoms with van der Waals surface area (Å²) < 4.78 is 6.02. The molecule has 1 aromatic heterocycles. The number of halogens is 1. The van der Waals surface area contributed by atoms with Crippen LogP contribution in [0.4, 0.5) is 5.69 Å². The SMILES string of the molecule is Cc1cnc(Cl)c(NC2c3ccccc3OC2(C)C)c1. The van der Waals surface area contributed by atoms with Crippen molar-refractivity contribution in [2.75, 3.05) is 5.32 Å². The molecule has 104 valence electrons. The highest BCUT2D eigenvalue weighted by molar-refractivity contribution is 6.32. The number of pyridine rings is 1.